The second kappa shape index (κ2) is 8.91. The first-order valence-electron chi connectivity index (χ1n) is 5.74. The maximum absolute atomic E-state index is 12.8. The van der Waals surface area contributed by atoms with E-state index >= 15 is 0 Å². The molecule has 0 saturated carbocycles. The lowest BCUT2D eigenvalue weighted by Gasteiger charge is -1.96. The SMILES string of the molecule is CNCCCc1cc(-c2ccc(F)cc2)n[nH]1.Cl.Cl. The summed E-state index contributed by atoms with van der Waals surface area (Å²) < 4.78 is 12.8. The Hall–Kier alpha value is -1.10. The van der Waals surface area contributed by atoms with Crippen LogP contribution < -0.4 is 5.32 Å². The molecule has 6 heteroatoms. The standard InChI is InChI=1S/C13H16FN3.2ClH/c1-15-8-2-3-12-9-13(17-16-12)10-4-6-11(14)7-5-10;;/h4-7,9,15H,2-3,8H2,1H3,(H,16,17);2*1H. The molecule has 0 unspecified atom stereocenters. The van der Waals surface area contributed by atoms with Crippen LogP contribution in [0.3, 0.4) is 0 Å². The van der Waals surface area contributed by atoms with E-state index in [2.05, 4.69) is 15.5 Å². The number of aromatic amines is 1. The van der Waals surface area contributed by atoms with Crippen LogP contribution in [0.25, 0.3) is 11.3 Å². The van der Waals surface area contributed by atoms with Crippen molar-refractivity contribution in [3.8, 4) is 11.3 Å². The van der Waals surface area contributed by atoms with Crippen molar-refractivity contribution in [3.05, 3.63) is 41.8 Å². The Morgan fingerprint density at radius 2 is 1.89 bits per heavy atom. The summed E-state index contributed by atoms with van der Waals surface area (Å²) in [5.74, 6) is -0.224. The summed E-state index contributed by atoms with van der Waals surface area (Å²) >= 11 is 0. The summed E-state index contributed by atoms with van der Waals surface area (Å²) in [6.07, 6.45) is 2.04. The van der Waals surface area contributed by atoms with Gasteiger partial charge < -0.3 is 5.32 Å². The zero-order valence-electron chi connectivity index (χ0n) is 10.6. The van der Waals surface area contributed by atoms with Crippen molar-refractivity contribution in [1.29, 1.82) is 0 Å². The van der Waals surface area contributed by atoms with Gasteiger partial charge in [-0.2, -0.15) is 5.10 Å². The smallest absolute Gasteiger partial charge is 0.123 e. The van der Waals surface area contributed by atoms with E-state index in [4.69, 9.17) is 0 Å². The molecule has 0 radical (unpaired) electrons. The number of hydrogen-bond acceptors (Lipinski definition) is 2. The maximum Gasteiger partial charge on any atom is 0.123 e. The van der Waals surface area contributed by atoms with Crippen LogP contribution in [0.2, 0.25) is 0 Å². The molecule has 106 valence electrons. The van der Waals surface area contributed by atoms with Crippen LogP contribution in [-0.4, -0.2) is 23.8 Å². The summed E-state index contributed by atoms with van der Waals surface area (Å²) in [5, 5.41) is 10.3. The van der Waals surface area contributed by atoms with Gasteiger partial charge in [0.25, 0.3) is 0 Å². The lowest BCUT2D eigenvalue weighted by atomic mass is 10.1. The summed E-state index contributed by atoms with van der Waals surface area (Å²) in [6.45, 7) is 0.991. The van der Waals surface area contributed by atoms with Gasteiger partial charge in [-0.15, -0.1) is 24.8 Å². The quantitative estimate of drug-likeness (QED) is 0.833. The van der Waals surface area contributed by atoms with Gasteiger partial charge in [0.1, 0.15) is 5.82 Å². The van der Waals surface area contributed by atoms with Crippen molar-refractivity contribution in [2.75, 3.05) is 13.6 Å². The zero-order valence-corrected chi connectivity index (χ0v) is 12.3. The second-order valence-corrected chi connectivity index (χ2v) is 3.99. The van der Waals surface area contributed by atoms with Crippen molar-refractivity contribution >= 4 is 24.8 Å². The van der Waals surface area contributed by atoms with E-state index in [0.29, 0.717) is 0 Å². The topological polar surface area (TPSA) is 40.7 Å². The fourth-order valence-corrected chi connectivity index (χ4v) is 1.71. The summed E-state index contributed by atoms with van der Waals surface area (Å²) in [7, 11) is 1.94. The van der Waals surface area contributed by atoms with Crippen LogP contribution in [-0.2, 0) is 6.42 Å². The van der Waals surface area contributed by atoms with E-state index in [-0.39, 0.29) is 30.6 Å². The number of nitrogens with one attached hydrogen (secondary N) is 2. The maximum atomic E-state index is 12.8. The number of halogens is 3. The number of rotatable bonds is 5. The molecule has 0 spiro atoms. The Morgan fingerprint density at radius 3 is 2.53 bits per heavy atom. The van der Waals surface area contributed by atoms with Crippen molar-refractivity contribution < 1.29 is 4.39 Å². The predicted octanol–water partition coefficient (Wildman–Crippen LogP) is 3.21. The Balaban J connectivity index is 0.00000162. The van der Waals surface area contributed by atoms with Gasteiger partial charge in [0.15, 0.2) is 0 Å². The molecule has 0 aliphatic rings. The van der Waals surface area contributed by atoms with E-state index in [1.807, 2.05) is 13.1 Å². The summed E-state index contributed by atoms with van der Waals surface area (Å²) in [4.78, 5) is 0. The highest BCUT2D eigenvalue weighted by Gasteiger charge is 2.03. The molecular weight excluding hydrogens is 288 g/mol. The molecule has 2 N–H and O–H groups in total. The van der Waals surface area contributed by atoms with Gasteiger partial charge >= 0.3 is 0 Å². The van der Waals surface area contributed by atoms with Gasteiger partial charge in [-0.3, -0.25) is 5.10 Å². The van der Waals surface area contributed by atoms with Gasteiger partial charge in [-0.1, -0.05) is 0 Å². The number of hydrogen-bond donors (Lipinski definition) is 2. The van der Waals surface area contributed by atoms with Crippen LogP contribution in [0.1, 0.15) is 12.1 Å². The van der Waals surface area contributed by atoms with Crippen molar-refractivity contribution in [2.45, 2.75) is 12.8 Å². The summed E-state index contributed by atoms with van der Waals surface area (Å²) in [6, 6.07) is 8.39. The lowest BCUT2D eigenvalue weighted by Crippen LogP contribution is -2.08. The summed E-state index contributed by atoms with van der Waals surface area (Å²) in [5.41, 5.74) is 2.91. The molecule has 0 aliphatic carbocycles. The van der Waals surface area contributed by atoms with Gasteiger partial charge in [0, 0.05) is 11.3 Å². The van der Waals surface area contributed by atoms with Crippen molar-refractivity contribution in [1.82, 2.24) is 15.5 Å². The van der Waals surface area contributed by atoms with Crippen LogP contribution >= 0.6 is 24.8 Å². The van der Waals surface area contributed by atoms with Crippen molar-refractivity contribution in [2.24, 2.45) is 0 Å². The molecule has 0 saturated heterocycles. The average molecular weight is 306 g/mol. The molecule has 0 atom stereocenters. The Labute approximate surface area is 124 Å². The van der Waals surface area contributed by atoms with Crippen LogP contribution in [0.4, 0.5) is 4.39 Å². The normalized spacial score (nSPS) is 9.58. The first-order valence-corrected chi connectivity index (χ1v) is 5.74. The lowest BCUT2D eigenvalue weighted by molar-refractivity contribution is 0.628. The predicted molar refractivity (Wildman–Crippen MR) is 80.7 cm³/mol. The van der Waals surface area contributed by atoms with Crippen LogP contribution in [0, 0.1) is 5.82 Å². The number of benzene rings is 1. The molecule has 19 heavy (non-hydrogen) atoms. The highest BCUT2D eigenvalue weighted by Crippen LogP contribution is 2.18. The van der Waals surface area contributed by atoms with Gasteiger partial charge in [0.2, 0.25) is 0 Å². The molecule has 1 aromatic carbocycles. The zero-order chi connectivity index (χ0) is 12.1. The molecule has 0 fully saturated rings. The van der Waals surface area contributed by atoms with E-state index in [1.54, 1.807) is 12.1 Å². The molecule has 0 bridgehead atoms. The Kier molecular flexibility index (Phi) is 8.39. The molecular formula is C13H18Cl2FN3. The highest BCUT2D eigenvalue weighted by molar-refractivity contribution is 5.85. The van der Waals surface area contributed by atoms with Gasteiger partial charge in [0.05, 0.1) is 5.69 Å². The third-order valence-electron chi connectivity index (χ3n) is 2.64. The van der Waals surface area contributed by atoms with E-state index < -0.39 is 0 Å². The Morgan fingerprint density at radius 1 is 1.21 bits per heavy atom. The number of aromatic nitrogens is 2. The minimum absolute atomic E-state index is 0. The second-order valence-electron chi connectivity index (χ2n) is 3.99. The minimum atomic E-state index is -0.224. The largest absolute Gasteiger partial charge is 0.320 e. The van der Waals surface area contributed by atoms with E-state index in [1.165, 1.54) is 12.1 Å². The first kappa shape index (κ1) is 17.9. The molecule has 1 aromatic heterocycles. The third kappa shape index (κ3) is 5.19. The number of nitrogens with zero attached hydrogens (tertiary/aromatic N) is 1. The van der Waals surface area contributed by atoms with Crippen molar-refractivity contribution in [3.63, 3.8) is 0 Å². The van der Waals surface area contributed by atoms with Gasteiger partial charge in [-0.05, 0) is 56.8 Å². The molecule has 3 nitrogen and oxygen atoms in total. The molecule has 2 rings (SSSR count). The number of H-pyrrole nitrogens is 1. The molecule has 2 aromatic rings. The fraction of sp³-hybridized carbons (Fsp3) is 0.308. The van der Waals surface area contributed by atoms with Gasteiger partial charge in [-0.25, -0.2) is 4.39 Å². The molecule has 0 aliphatic heterocycles. The van der Waals surface area contributed by atoms with Crippen LogP contribution in [0.15, 0.2) is 30.3 Å². The minimum Gasteiger partial charge on any atom is -0.320 e. The van der Waals surface area contributed by atoms with Crippen LogP contribution in [0.5, 0.6) is 0 Å². The number of aryl methyl sites for hydroxylation is 1. The fourth-order valence-electron chi connectivity index (χ4n) is 1.71. The third-order valence-corrected chi connectivity index (χ3v) is 2.64. The highest BCUT2D eigenvalue weighted by atomic mass is 35.5. The average Bonchev–Trinajstić information content (AvgIpc) is 2.79. The first-order chi connectivity index (χ1) is 8.29. The van der Waals surface area contributed by atoms with E-state index in [0.717, 1.165) is 36.3 Å². The molecule has 0 amide bonds. The van der Waals surface area contributed by atoms with E-state index in [9.17, 15) is 4.39 Å². The molecule has 1 heterocycles. The Bertz CT molecular complexity index is 471. The monoisotopic (exact) mass is 305 g/mol.